The van der Waals surface area contributed by atoms with Gasteiger partial charge in [0, 0.05) is 0 Å². The van der Waals surface area contributed by atoms with Gasteiger partial charge in [0.05, 0.1) is 13.2 Å². The second-order valence-electron chi connectivity index (χ2n) is 3.83. The lowest BCUT2D eigenvalue weighted by molar-refractivity contribution is 0.116. The first-order valence-electron chi connectivity index (χ1n) is 5.11. The Morgan fingerprint density at radius 3 is 2.57 bits per heavy atom. The van der Waals surface area contributed by atoms with Gasteiger partial charge in [-0.05, 0) is 43.9 Å². The molecule has 0 radical (unpaired) electrons. The number of hydrogen-bond acceptors (Lipinski definition) is 2. The van der Waals surface area contributed by atoms with Gasteiger partial charge in [0.2, 0.25) is 0 Å². The van der Waals surface area contributed by atoms with E-state index < -0.39 is 0 Å². The quantitative estimate of drug-likeness (QED) is 0.733. The van der Waals surface area contributed by atoms with Crippen LogP contribution in [0.25, 0.3) is 0 Å². The molecule has 14 heavy (non-hydrogen) atoms. The van der Waals surface area contributed by atoms with Gasteiger partial charge in [0.1, 0.15) is 0 Å². The molecule has 0 unspecified atom stereocenters. The van der Waals surface area contributed by atoms with Gasteiger partial charge in [0.15, 0.2) is 11.5 Å². The molecule has 0 spiro atoms. The molecule has 0 aromatic heterocycles. The zero-order valence-corrected chi connectivity index (χ0v) is 8.75. The van der Waals surface area contributed by atoms with Crippen LogP contribution in [0.1, 0.15) is 24.8 Å². The average molecular weight is 192 g/mol. The Hall–Kier alpha value is -1.18. The highest BCUT2D eigenvalue weighted by atomic mass is 16.5. The first kappa shape index (κ1) is 9.38. The van der Waals surface area contributed by atoms with Gasteiger partial charge in [0.25, 0.3) is 0 Å². The van der Waals surface area contributed by atoms with Gasteiger partial charge in [-0.2, -0.15) is 0 Å². The molecule has 1 aromatic rings. The third kappa shape index (κ3) is 1.84. The van der Waals surface area contributed by atoms with E-state index in [-0.39, 0.29) is 0 Å². The highest BCUT2D eigenvalue weighted by molar-refractivity contribution is 5.42. The highest BCUT2D eigenvalue weighted by Crippen LogP contribution is 2.32. The minimum atomic E-state index is 0.408. The summed E-state index contributed by atoms with van der Waals surface area (Å²) in [5, 5.41) is 0. The molecule has 2 nitrogen and oxygen atoms in total. The Labute approximate surface area is 84.8 Å². The molecule has 0 saturated heterocycles. The first-order valence-corrected chi connectivity index (χ1v) is 5.11. The van der Waals surface area contributed by atoms with Gasteiger partial charge >= 0.3 is 0 Å². The molecule has 1 aliphatic rings. The summed E-state index contributed by atoms with van der Waals surface area (Å²) in [6.07, 6.45) is 4.05. The van der Waals surface area contributed by atoms with E-state index >= 15 is 0 Å². The maximum Gasteiger partial charge on any atom is 0.161 e. The van der Waals surface area contributed by atoms with Crippen LogP contribution in [0.15, 0.2) is 18.2 Å². The van der Waals surface area contributed by atoms with Crippen molar-refractivity contribution in [3.05, 3.63) is 23.8 Å². The van der Waals surface area contributed by atoms with Crippen molar-refractivity contribution in [2.24, 2.45) is 0 Å². The van der Waals surface area contributed by atoms with E-state index in [4.69, 9.17) is 9.47 Å². The highest BCUT2D eigenvalue weighted by Gasteiger charge is 2.20. The number of ether oxygens (including phenoxy) is 2. The van der Waals surface area contributed by atoms with Crippen LogP contribution in [0.4, 0.5) is 0 Å². The predicted octanol–water partition coefficient (Wildman–Crippen LogP) is 2.93. The van der Waals surface area contributed by atoms with Crippen LogP contribution in [0, 0.1) is 6.92 Å². The zero-order valence-electron chi connectivity index (χ0n) is 8.75. The Morgan fingerprint density at radius 1 is 1.21 bits per heavy atom. The molecular weight excluding hydrogens is 176 g/mol. The molecule has 1 saturated carbocycles. The Bertz CT molecular complexity index is 316. The number of methoxy groups -OCH3 is 1. The van der Waals surface area contributed by atoms with E-state index in [1.165, 1.54) is 24.8 Å². The largest absolute Gasteiger partial charge is 0.493 e. The van der Waals surface area contributed by atoms with Gasteiger partial charge in [-0.3, -0.25) is 0 Å². The molecule has 1 aliphatic carbocycles. The molecule has 1 aromatic carbocycles. The molecule has 0 aliphatic heterocycles. The monoisotopic (exact) mass is 192 g/mol. The fourth-order valence-corrected chi connectivity index (χ4v) is 1.54. The van der Waals surface area contributed by atoms with Crippen LogP contribution in [0.3, 0.4) is 0 Å². The van der Waals surface area contributed by atoms with Crippen molar-refractivity contribution < 1.29 is 9.47 Å². The van der Waals surface area contributed by atoms with Crippen molar-refractivity contribution in [1.82, 2.24) is 0 Å². The van der Waals surface area contributed by atoms with E-state index in [1.807, 2.05) is 18.2 Å². The summed E-state index contributed by atoms with van der Waals surface area (Å²) in [7, 11) is 1.68. The smallest absolute Gasteiger partial charge is 0.161 e. The summed E-state index contributed by atoms with van der Waals surface area (Å²) in [6, 6.07) is 6.03. The number of rotatable bonds is 3. The van der Waals surface area contributed by atoms with E-state index in [0.29, 0.717) is 6.10 Å². The Balaban J connectivity index is 2.15. The molecule has 0 atom stereocenters. The third-order valence-corrected chi connectivity index (χ3v) is 2.66. The second-order valence-corrected chi connectivity index (χ2v) is 3.83. The SMILES string of the molecule is COc1ccc(C)cc1OC1CCC1. The minimum Gasteiger partial charge on any atom is -0.493 e. The van der Waals surface area contributed by atoms with E-state index in [0.717, 1.165) is 11.5 Å². The lowest BCUT2D eigenvalue weighted by Crippen LogP contribution is -2.24. The van der Waals surface area contributed by atoms with Gasteiger partial charge in [-0.25, -0.2) is 0 Å². The third-order valence-electron chi connectivity index (χ3n) is 2.66. The lowest BCUT2D eigenvalue weighted by atomic mass is 9.96. The molecule has 0 heterocycles. The molecule has 1 fully saturated rings. The molecule has 2 heteroatoms. The Morgan fingerprint density at radius 2 is 2.00 bits per heavy atom. The molecule has 0 bridgehead atoms. The fraction of sp³-hybridized carbons (Fsp3) is 0.500. The van der Waals surface area contributed by atoms with E-state index in [1.54, 1.807) is 7.11 Å². The first-order chi connectivity index (χ1) is 6.79. The summed E-state index contributed by atoms with van der Waals surface area (Å²) in [4.78, 5) is 0. The van der Waals surface area contributed by atoms with E-state index in [2.05, 4.69) is 6.92 Å². The minimum absolute atomic E-state index is 0.408. The van der Waals surface area contributed by atoms with Crippen molar-refractivity contribution in [1.29, 1.82) is 0 Å². The van der Waals surface area contributed by atoms with Crippen molar-refractivity contribution >= 4 is 0 Å². The summed E-state index contributed by atoms with van der Waals surface area (Å²) >= 11 is 0. The normalized spacial score (nSPS) is 16.1. The number of hydrogen-bond donors (Lipinski definition) is 0. The predicted molar refractivity (Wildman–Crippen MR) is 56.0 cm³/mol. The number of benzene rings is 1. The van der Waals surface area contributed by atoms with Crippen molar-refractivity contribution in [2.45, 2.75) is 32.3 Å². The maximum atomic E-state index is 5.83. The van der Waals surface area contributed by atoms with E-state index in [9.17, 15) is 0 Å². The van der Waals surface area contributed by atoms with Crippen LogP contribution in [0.2, 0.25) is 0 Å². The molecule has 2 rings (SSSR count). The van der Waals surface area contributed by atoms with Crippen LogP contribution < -0.4 is 9.47 Å². The maximum absolute atomic E-state index is 5.83. The Kier molecular flexibility index (Phi) is 2.62. The van der Waals surface area contributed by atoms with Crippen molar-refractivity contribution in [3.8, 4) is 11.5 Å². The van der Waals surface area contributed by atoms with Gasteiger partial charge in [-0.15, -0.1) is 0 Å². The summed E-state index contributed by atoms with van der Waals surface area (Å²) in [5.74, 6) is 1.72. The summed E-state index contributed by atoms with van der Waals surface area (Å²) in [6.45, 7) is 2.06. The van der Waals surface area contributed by atoms with Crippen molar-refractivity contribution in [2.75, 3.05) is 7.11 Å². The van der Waals surface area contributed by atoms with Crippen LogP contribution >= 0.6 is 0 Å². The molecular formula is C12H16O2. The fourth-order valence-electron chi connectivity index (χ4n) is 1.54. The summed E-state index contributed by atoms with van der Waals surface area (Å²) in [5.41, 5.74) is 1.21. The van der Waals surface area contributed by atoms with Crippen molar-refractivity contribution in [3.63, 3.8) is 0 Å². The van der Waals surface area contributed by atoms with Gasteiger partial charge in [-0.1, -0.05) is 6.07 Å². The van der Waals surface area contributed by atoms with Crippen LogP contribution in [-0.2, 0) is 0 Å². The lowest BCUT2D eigenvalue weighted by Gasteiger charge is -2.27. The zero-order chi connectivity index (χ0) is 9.97. The molecule has 76 valence electrons. The molecule has 0 N–H and O–H groups in total. The summed E-state index contributed by atoms with van der Waals surface area (Å²) < 4.78 is 11.1. The van der Waals surface area contributed by atoms with Crippen LogP contribution in [-0.4, -0.2) is 13.2 Å². The molecule has 0 amide bonds. The van der Waals surface area contributed by atoms with Gasteiger partial charge < -0.3 is 9.47 Å². The second kappa shape index (κ2) is 3.91. The van der Waals surface area contributed by atoms with Crippen LogP contribution in [0.5, 0.6) is 11.5 Å². The topological polar surface area (TPSA) is 18.5 Å². The standard InChI is InChI=1S/C12H16O2/c1-9-6-7-11(13-2)12(8-9)14-10-4-3-5-10/h6-8,10H,3-5H2,1-2H3. The average Bonchev–Trinajstić information content (AvgIpc) is 2.12. The number of aryl methyl sites for hydroxylation is 1.